The molecule has 0 atom stereocenters. The predicted molar refractivity (Wildman–Crippen MR) is 86.7 cm³/mol. The number of nitrogens with zero attached hydrogens (tertiary/aromatic N) is 1. The Morgan fingerprint density at radius 3 is 2.74 bits per heavy atom. The van der Waals surface area contributed by atoms with E-state index < -0.39 is 5.91 Å². The molecule has 0 aliphatic rings. The molecule has 6 heteroatoms. The van der Waals surface area contributed by atoms with Crippen LogP contribution in [0.4, 0.5) is 5.69 Å². The second-order valence-electron chi connectivity index (χ2n) is 4.73. The highest BCUT2D eigenvalue weighted by atomic mass is 35.5. The summed E-state index contributed by atoms with van der Waals surface area (Å²) >= 11 is 5.85. The van der Waals surface area contributed by atoms with Gasteiger partial charge in [-0.05, 0) is 43.3 Å². The summed E-state index contributed by atoms with van der Waals surface area (Å²) in [7, 11) is 0. The molecule has 0 saturated heterocycles. The van der Waals surface area contributed by atoms with Crippen molar-refractivity contribution < 1.29 is 14.3 Å². The van der Waals surface area contributed by atoms with Crippen LogP contribution in [-0.2, 0) is 4.79 Å². The van der Waals surface area contributed by atoms with Gasteiger partial charge in [0.15, 0.2) is 12.4 Å². The fourth-order valence-electron chi connectivity index (χ4n) is 1.91. The summed E-state index contributed by atoms with van der Waals surface area (Å²) in [4.78, 5) is 23.5. The van der Waals surface area contributed by atoms with Crippen LogP contribution in [0.2, 0.25) is 5.02 Å². The lowest BCUT2D eigenvalue weighted by atomic mass is 10.1. The lowest BCUT2D eigenvalue weighted by molar-refractivity contribution is -0.118. The molecular formula is C17H13ClN2O3. The standard InChI is InChI=1S/C17H13ClN2O3/c1-11(21)15-8-13(18)5-6-16(15)23-10-17(22)20-14-4-2-3-12(7-14)9-19/h2-8H,10H2,1H3,(H,20,22). The van der Waals surface area contributed by atoms with E-state index in [0.717, 1.165) is 0 Å². The van der Waals surface area contributed by atoms with E-state index in [-0.39, 0.29) is 12.4 Å². The minimum Gasteiger partial charge on any atom is -0.483 e. The van der Waals surface area contributed by atoms with Crippen LogP contribution in [0.5, 0.6) is 5.75 Å². The number of rotatable bonds is 5. The topological polar surface area (TPSA) is 79.2 Å². The van der Waals surface area contributed by atoms with E-state index in [1.807, 2.05) is 6.07 Å². The highest BCUT2D eigenvalue weighted by Gasteiger charge is 2.11. The summed E-state index contributed by atoms with van der Waals surface area (Å²) in [6.07, 6.45) is 0. The third-order valence-corrected chi connectivity index (χ3v) is 3.19. The first-order valence-corrected chi connectivity index (χ1v) is 7.10. The van der Waals surface area contributed by atoms with Crippen LogP contribution in [0.3, 0.4) is 0 Å². The largest absolute Gasteiger partial charge is 0.483 e. The maximum Gasteiger partial charge on any atom is 0.262 e. The van der Waals surface area contributed by atoms with Gasteiger partial charge in [0.25, 0.3) is 5.91 Å². The van der Waals surface area contributed by atoms with Crippen molar-refractivity contribution in [3.63, 3.8) is 0 Å². The van der Waals surface area contributed by atoms with E-state index in [2.05, 4.69) is 5.32 Å². The number of ketones is 1. The monoisotopic (exact) mass is 328 g/mol. The van der Waals surface area contributed by atoms with Gasteiger partial charge in [0, 0.05) is 10.7 Å². The van der Waals surface area contributed by atoms with Gasteiger partial charge in [-0.15, -0.1) is 0 Å². The highest BCUT2D eigenvalue weighted by molar-refractivity contribution is 6.31. The molecule has 1 N–H and O–H groups in total. The molecule has 0 bridgehead atoms. The Balaban J connectivity index is 2.02. The highest BCUT2D eigenvalue weighted by Crippen LogP contribution is 2.23. The number of halogens is 1. The van der Waals surface area contributed by atoms with Crippen molar-refractivity contribution in [2.45, 2.75) is 6.92 Å². The quantitative estimate of drug-likeness (QED) is 0.853. The van der Waals surface area contributed by atoms with E-state index in [4.69, 9.17) is 21.6 Å². The van der Waals surface area contributed by atoms with Gasteiger partial charge < -0.3 is 10.1 Å². The lowest BCUT2D eigenvalue weighted by Gasteiger charge is -2.10. The summed E-state index contributed by atoms with van der Waals surface area (Å²) in [5.74, 6) is -0.308. The average molecular weight is 329 g/mol. The van der Waals surface area contributed by atoms with Crippen molar-refractivity contribution in [1.82, 2.24) is 0 Å². The lowest BCUT2D eigenvalue weighted by Crippen LogP contribution is -2.20. The molecule has 116 valence electrons. The number of ether oxygens (including phenoxy) is 1. The Labute approximate surface area is 138 Å². The minimum absolute atomic E-state index is 0.204. The number of benzene rings is 2. The summed E-state index contributed by atoms with van der Waals surface area (Å²) in [6.45, 7) is 1.13. The smallest absolute Gasteiger partial charge is 0.262 e. The van der Waals surface area contributed by atoms with Gasteiger partial charge in [-0.2, -0.15) is 5.26 Å². The van der Waals surface area contributed by atoms with Crippen LogP contribution in [0.1, 0.15) is 22.8 Å². The molecule has 2 aromatic rings. The zero-order valence-corrected chi connectivity index (χ0v) is 13.1. The van der Waals surface area contributed by atoms with Gasteiger partial charge >= 0.3 is 0 Å². The third kappa shape index (κ3) is 4.56. The number of anilines is 1. The van der Waals surface area contributed by atoms with Crippen molar-refractivity contribution in [1.29, 1.82) is 5.26 Å². The number of carbonyl (C=O) groups excluding carboxylic acids is 2. The van der Waals surface area contributed by atoms with E-state index in [0.29, 0.717) is 27.6 Å². The normalized spacial score (nSPS) is 9.78. The van der Waals surface area contributed by atoms with Crippen molar-refractivity contribution >= 4 is 29.0 Å². The molecule has 1 amide bonds. The van der Waals surface area contributed by atoms with E-state index >= 15 is 0 Å². The van der Waals surface area contributed by atoms with Gasteiger partial charge in [0.2, 0.25) is 0 Å². The summed E-state index contributed by atoms with van der Waals surface area (Å²) < 4.78 is 5.39. The van der Waals surface area contributed by atoms with Crippen molar-refractivity contribution in [2.24, 2.45) is 0 Å². The molecule has 0 aromatic heterocycles. The molecule has 0 aliphatic heterocycles. The number of nitriles is 1. The molecule has 0 unspecified atom stereocenters. The van der Waals surface area contributed by atoms with Crippen LogP contribution in [0.15, 0.2) is 42.5 Å². The third-order valence-electron chi connectivity index (χ3n) is 2.96. The van der Waals surface area contributed by atoms with E-state index in [9.17, 15) is 9.59 Å². The molecule has 0 aliphatic carbocycles. The molecule has 0 heterocycles. The number of nitrogens with one attached hydrogen (secondary N) is 1. The van der Waals surface area contributed by atoms with Gasteiger partial charge in [-0.25, -0.2) is 0 Å². The summed E-state index contributed by atoms with van der Waals surface area (Å²) in [5.41, 5.74) is 1.26. The van der Waals surface area contributed by atoms with Gasteiger partial charge in [-0.3, -0.25) is 9.59 Å². The second kappa shape index (κ2) is 7.43. The van der Waals surface area contributed by atoms with Crippen LogP contribution in [0.25, 0.3) is 0 Å². The Kier molecular flexibility index (Phi) is 5.34. The molecule has 0 saturated carbocycles. The summed E-state index contributed by atoms with van der Waals surface area (Å²) in [5, 5.41) is 11.9. The van der Waals surface area contributed by atoms with Crippen LogP contribution in [0, 0.1) is 11.3 Å². The molecule has 0 fully saturated rings. The maximum atomic E-state index is 11.9. The zero-order chi connectivity index (χ0) is 16.8. The van der Waals surface area contributed by atoms with Crippen LogP contribution >= 0.6 is 11.6 Å². The molecule has 23 heavy (non-hydrogen) atoms. The van der Waals surface area contributed by atoms with Gasteiger partial charge in [0.05, 0.1) is 17.2 Å². The van der Waals surface area contributed by atoms with Crippen molar-refractivity contribution in [3.8, 4) is 11.8 Å². The zero-order valence-electron chi connectivity index (χ0n) is 12.3. The average Bonchev–Trinajstić information content (AvgIpc) is 2.53. The first kappa shape index (κ1) is 16.5. The van der Waals surface area contributed by atoms with Gasteiger partial charge in [0.1, 0.15) is 5.75 Å². The molecule has 0 spiro atoms. The van der Waals surface area contributed by atoms with Crippen molar-refractivity contribution in [2.75, 3.05) is 11.9 Å². The fourth-order valence-corrected chi connectivity index (χ4v) is 2.08. The van der Waals surface area contributed by atoms with E-state index in [1.54, 1.807) is 36.4 Å². The molecule has 5 nitrogen and oxygen atoms in total. The second-order valence-corrected chi connectivity index (χ2v) is 5.16. The first-order chi connectivity index (χ1) is 11.0. The number of amides is 1. The molecule has 2 rings (SSSR count). The predicted octanol–water partition coefficient (Wildman–Crippen LogP) is 3.43. The number of Topliss-reactive ketones (excluding diaryl/α,β-unsaturated/α-hetero) is 1. The van der Waals surface area contributed by atoms with Crippen molar-refractivity contribution in [3.05, 3.63) is 58.6 Å². The number of hydrogen-bond donors (Lipinski definition) is 1. The van der Waals surface area contributed by atoms with E-state index in [1.165, 1.54) is 13.0 Å². The molecule has 0 radical (unpaired) electrons. The first-order valence-electron chi connectivity index (χ1n) is 6.73. The van der Waals surface area contributed by atoms with Gasteiger partial charge in [-0.1, -0.05) is 17.7 Å². The van der Waals surface area contributed by atoms with Crippen LogP contribution in [-0.4, -0.2) is 18.3 Å². The number of hydrogen-bond acceptors (Lipinski definition) is 4. The SMILES string of the molecule is CC(=O)c1cc(Cl)ccc1OCC(=O)Nc1cccc(C#N)c1. The number of carbonyl (C=O) groups is 2. The minimum atomic E-state index is -0.399. The fraction of sp³-hybridized carbons (Fsp3) is 0.118. The van der Waals surface area contributed by atoms with Crippen LogP contribution < -0.4 is 10.1 Å². The Morgan fingerprint density at radius 1 is 1.26 bits per heavy atom. The summed E-state index contributed by atoms with van der Waals surface area (Å²) in [6, 6.07) is 13.1. The maximum absolute atomic E-state index is 11.9. The molecular weight excluding hydrogens is 316 g/mol. The Bertz CT molecular complexity index is 797. The Morgan fingerprint density at radius 2 is 2.04 bits per heavy atom. The Hall–Kier alpha value is -2.84. The molecule has 2 aromatic carbocycles.